The molecule has 1 saturated carbocycles. The Hall–Kier alpha value is 0.0400. The molecular weight excluding hydrogens is 272 g/mol. The number of alkyl halides is 1. The number of halogens is 1. The normalized spacial score (nSPS) is 19.6. The zero-order valence-corrected chi connectivity index (χ0v) is 11.5. The second-order valence-electron chi connectivity index (χ2n) is 4.26. The van der Waals surface area contributed by atoms with Crippen LogP contribution in [0, 0.1) is 5.92 Å². The molecule has 1 aromatic heterocycles. The molecule has 0 aromatic carbocycles. The molecule has 0 bridgehead atoms. The van der Waals surface area contributed by atoms with Gasteiger partial charge in [0.1, 0.15) is 10.0 Å². The smallest absolute Gasteiger partial charge is 0.131 e. The van der Waals surface area contributed by atoms with Gasteiger partial charge in [0.05, 0.1) is 4.83 Å². The van der Waals surface area contributed by atoms with Crippen LogP contribution in [0.25, 0.3) is 0 Å². The Morgan fingerprint density at radius 1 is 1.40 bits per heavy atom. The molecule has 1 unspecified atom stereocenters. The van der Waals surface area contributed by atoms with Gasteiger partial charge in [-0.3, -0.25) is 0 Å². The second kappa shape index (κ2) is 5.39. The fourth-order valence-corrected chi connectivity index (χ4v) is 3.50. The van der Waals surface area contributed by atoms with Crippen LogP contribution in [-0.4, -0.2) is 10.2 Å². The minimum atomic E-state index is 0.396. The maximum Gasteiger partial charge on any atom is 0.131 e. The summed E-state index contributed by atoms with van der Waals surface area (Å²) < 4.78 is 0. The second-order valence-corrected chi connectivity index (χ2v) is 6.46. The Morgan fingerprint density at radius 2 is 2.13 bits per heavy atom. The molecule has 1 aliphatic carbocycles. The lowest BCUT2D eigenvalue weighted by Gasteiger charge is -2.03. The van der Waals surface area contributed by atoms with Gasteiger partial charge in [0, 0.05) is 6.42 Å². The van der Waals surface area contributed by atoms with Crippen LogP contribution in [0.2, 0.25) is 0 Å². The first-order valence-electron chi connectivity index (χ1n) is 5.76. The van der Waals surface area contributed by atoms with Crippen molar-refractivity contribution in [1.29, 1.82) is 0 Å². The Balaban J connectivity index is 1.94. The summed E-state index contributed by atoms with van der Waals surface area (Å²) in [5.41, 5.74) is 0. The summed E-state index contributed by atoms with van der Waals surface area (Å²) in [5.74, 6) is 0.876. The van der Waals surface area contributed by atoms with Crippen molar-refractivity contribution >= 4 is 27.3 Å². The van der Waals surface area contributed by atoms with Crippen molar-refractivity contribution in [3.63, 3.8) is 0 Å². The number of hydrogen-bond acceptors (Lipinski definition) is 3. The topological polar surface area (TPSA) is 25.8 Å². The zero-order chi connectivity index (χ0) is 10.7. The number of aromatic nitrogens is 2. The quantitative estimate of drug-likeness (QED) is 0.779. The fourth-order valence-electron chi connectivity index (χ4n) is 2.11. The van der Waals surface area contributed by atoms with Crippen LogP contribution in [0.1, 0.15) is 53.9 Å². The van der Waals surface area contributed by atoms with Crippen LogP contribution in [-0.2, 0) is 6.42 Å². The predicted octanol–water partition coefficient (Wildman–Crippen LogP) is 4.12. The summed E-state index contributed by atoms with van der Waals surface area (Å²) >= 11 is 5.40. The van der Waals surface area contributed by atoms with Crippen LogP contribution in [0.15, 0.2) is 0 Å². The van der Waals surface area contributed by atoms with E-state index in [2.05, 4.69) is 33.1 Å². The van der Waals surface area contributed by atoms with Crippen LogP contribution in [0.3, 0.4) is 0 Å². The maximum atomic E-state index is 4.29. The Bertz CT molecular complexity index is 307. The van der Waals surface area contributed by atoms with Crippen molar-refractivity contribution in [2.75, 3.05) is 0 Å². The van der Waals surface area contributed by atoms with Crippen molar-refractivity contribution in [1.82, 2.24) is 10.2 Å². The van der Waals surface area contributed by atoms with Gasteiger partial charge in [-0.05, 0) is 12.3 Å². The average molecular weight is 289 g/mol. The molecule has 1 aromatic rings. The third kappa shape index (κ3) is 3.00. The molecule has 84 valence electrons. The van der Waals surface area contributed by atoms with E-state index in [1.54, 1.807) is 11.3 Å². The minimum Gasteiger partial charge on any atom is -0.144 e. The van der Waals surface area contributed by atoms with E-state index in [4.69, 9.17) is 0 Å². The van der Waals surface area contributed by atoms with Crippen LogP contribution in [0.4, 0.5) is 0 Å². The standard InChI is InChI=1S/C11H17BrN2S/c1-2-9(12)11-14-13-10(15-11)7-8-5-3-4-6-8/h8-9H,2-7H2,1H3. The number of hydrogen-bond donors (Lipinski definition) is 0. The highest BCUT2D eigenvalue weighted by Crippen LogP contribution is 2.32. The molecule has 1 aliphatic rings. The van der Waals surface area contributed by atoms with E-state index in [-0.39, 0.29) is 0 Å². The van der Waals surface area contributed by atoms with E-state index in [0.717, 1.165) is 23.8 Å². The van der Waals surface area contributed by atoms with Gasteiger partial charge in [-0.15, -0.1) is 21.5 Å². The molecule has 0 aliphatic heterocycles. The summed E-state index contributed by atoms with van der Waals surface area (Å²) in [6, 6.07) is 0. The molecule has 0 N–H and O–H groups in total. The van der Waals surface area contributed by atoms with Gasteiger partial charge in [0.15, 0.2) is 0 Å². The first-order chi connectivity index (χ1) is 7.29. The first-order valence-corrected chi connectivity index (χ1v) is 7.49. The molecule has 1 fully saturated rings. The molecule has 4 heteroatoms. The summed E-state index contributed by atoms with van der Waals surface area (Å²) in [5, 5.41) is 10.9. The third-order valence-electron chi connectivity index (χ3n) is 3.05. The van der Waals surface area contributed by atoms with Gasteiger partial charge in [0.25, 0.3) is 0 Å². The molecule has 0 radical (unpaired) electrons. The first kappa shape index (κ1) is 11.5. The van der Waals surface area contributed by atoms with E-state index in [0.29, 0.717) is 4.83 Å². The highest BCUT2D eigenvalue weighted by atomic mass is 79.9. The lowest BCUT2D eigenvalue weighted by atomic mass is 10.1. The van der Waals surface area contributed by atoms with Crippen molar-refractivity contribution in [3.8, 4) is 0 Å². The average Bonchev–Trinajstić information content (AvgIpc) is 2.88. The van der Waals surface area contributed by atoms with Gasteiger partial charge in [-0.2, -0.15) is 0 Å². The van der Waals surface area contributed by atoms with E-state index >= 15 is 0 Å². The van der Waals surface area contributed by atoms with E-state index < -0.39 is 0 Å². The lowest BCUT2D eigenvalue weighted by molar-refractivity contribution is 0.542. The maximum absolute atomic E-state index is 4.29. The van der Waals surface area contributed by atoms with Gasteiger partial charge in [-0.25, -0.2) is 0 Å². The summed E-state index contributed by atoms with van der Waals surface area (Å²) in [6.07, 6.45) is 7.83. The molecular formula is C11H17BrN2S. The van der Waals surface area contributed by atoms with Gasteiger partial charge >= 0.3 is 0 Å². The third-order valence-corrected chi connectivity index (χ3v) is 5.49. The molecule has 1 atom stereocenters. The Kier molecular flexibility index (Phi) is 4.14. The SMILES string of the molecule is CCC(Br)c1nnc(CC2CCCC2)s1. The van der Waals surface area contributed by atoms with E-state index in [9.17, 15) is 0 Å². The summed E-state index contributed by atoms with van der Waals surface area (Å²) in [6.45, 7) is 2.16. The Morgan fingerprint density at radius 3 is 2.80 bits per heavy atom. The largest absolute Gasteiger partial charge is 0.144 e. The van der Waals surface area contributed by atoms with E-state index in [1.807, 2.05) is 0 Å². The number of rotatable bonds is 4. The zero-order valence-electron chi connectivity index (χ0n) is 9.08. The molecule has 0 spiro atoms. The monoisotopic (exact) mass is 288 g/mol. The molecule has 15 heavy (non-hydrogen) atoms. The Labute approximate surface area is 104 Å². The van der Waals surface area contributed by atoms with Gasteiger partial charge in [-0.1, -0.05) is 48.5 Å². The fraction of sp³-hybridized carbons (Fsp3) is 0.818. The van der Waals surface area contributed by atoms with Gasteiger partial charge < -0.3 is 0 Å². The predicted molar refractivity (Wildman–Crippen MR) is 67.5 cm³/mol. The molecule has 0 amide bonds. The van der Waals surface area contributed by atoms with Gasteiger partial charge in [0.2, 0.25) is 0 Å². The van der Waals surface area contributed by atoms with E-state index in [1.165, 1.54) is 30.7 Å². The highest BCUT2D eigenvalue weighted by Gasteiger charge is 2.18. The molecule has 2 rings (SSSR count). The van der Waals surface area contributed by atoms with Crippen molar-refractivity contribution in [2.45, 2.75) is 50.3 Å². The number of nitrogens with zero attached hydrogens (tertiary/aromatic N) is 2. The molecule has 2 nitrogen and oxygen atoms in total. The van der Waals surface area contributed by atoms with Crippen LogP contribution < -0.4 is 0 Å². The highest BCUT2D eigenvalue weighted by molar-refractivity contribution is 9.09. The molecule has 0 saturated heterocycles. The van der Waals surface area contributed by atoms with Crippen LogP contribution >= 0.6 is 27.3 Å². The summed E-state index contributed by atoms with van der Waals surface area (Å²) in [4.78, 5) is 0.396. The molecule has 1 heterocycles. The minimum absolute atomic E-state index is 0.396. The van der Waals surface area contributed by atoms with Crippen LogP contribution in [0.5, 0.6) is 0 Å². The summed E-state index contributed by atoms with van der Waals surface area (Å²) in [7, 11) is 0. The van der Waals surface area contributed by atoms with Crippen molar-refractivity contribution < 1.29 is 0 Å². The lowest BCUT2D eigenvalue weighted by Crippen LogP contribution is -1.97. The van der Waals surface area contributed by atoms with Crippen molar-refractivity contribution in [2.24, 2.45) is 5.92 Å². The van der Waals surface area contributed by atoms with Crippen molar-refractivity contribution in [3.05, 3.63) is 10.0 Å².